The van der Waals surface area contributed by atoms with Crippen LogP contribution in [0.4, 0.5) is 4.39 Å². The molecule has 1 saturated heterocycles. The molecular weight excluding hydrogens is 255 g/mol. The smallest absolute Gasteiger partial charge is 0.166 e. The third-order valence-electron chi connectivity index (χ3n) is 3.85. The van der Waals surface area contributed by atoms with E-state index >= 15 is 0 Å². The predicted octanol–water partition coefficient (Wildman–Crippen LogP) is 3.02. The van der Waals surface area contributed by atoms with Crippen molar-refractivity contribution in [1.82, 2.24) is 4.90 Å². The maximum atomic E-state index is 12.9. The predicted molar refractivity (Wildman–Crippen MR) is 74.7 cm³/mol. The minimum absolute atomic E-state index is 0.0488. The Morgan fingerprint density at radius 2 is 1.95 bits per heavy atom. The van der Waals surface area contributed by atoms with Gasteiger partial charge in [0.15, 0.2) is 5.78 Å². The van der Waals surface area contributed by atoms with Crippen LogP contribution in [-0.2, 0) is 0 Å². The molecular formula is C16H19FN2O. The molecule has 1 aliphatic heterocycles. The zero-order valence-electron chi connectivity index (χ0n) is 11.5. The van der Waals surface area contributed by atoms with Crippen LogP contribution in [0.5, 0.6) is 0 Å². The molecule has 0 N–H and O–H groups in total. The fourth-order valence-electron chi connectivity index (χ4n) is 2.65. The van der Waals surface area contributed by atoms with Crippen LogP contribution in [0.2, 0.25) is 0 Å². The first-order valence-electron chi connectivity index (χ1n) is 7.10. The molecule has 2 rings (SSSR count). The number of carbonyl (C=O) groups is 1. The van der Waals surface area contributed by atoms with Gasteiger partial charge in [0.25, 0.3) is 0 Å². The van der Waals surface area contributed by atoms with Crippen LogP contribution in [0.1, 0.15) is 36.0 Å². The van der Waals surface area contributed by atoms with Crippen LogP contribution in [0.15, 0.2) is 24.3 Å². The molecule has 0 bridgehead atoms. The summed E-state index contributed by atoms with van der Waals surface area (Å²) >= 11 is 0. The highest BCUT2D eigenvalue weighted by Crippen LogP contribution is 2.22. The Morgan fingerprint density at radius 3 is 2.55 bits per heavy atom. The van der Waals surface area contributed by atoms with Crippen molar-refractivity contribution in [3.05, 3.63) is 35.6 Å². The van der Waals surface area contributed by atoms with Crippen LogP contribution in [-0.4, -0.2) is 30.3 Å². The second-order valence-electron chi connectivity index (χ2n) is 5.25. The number of ketones is 1. The number of hydrogen-bond donors (Lipinski definition) is 0. The van der Waals surface area contributed by atoms with E-state index in [-0.39, 0.29) is 17.5 Å². The van der Waals surface area contributed by atoms with Gasteiger partial charge in [0.1, 0.15) is 5.82 Å². The number of rotatable bonds is 5. The van der Waals surface area contributed by atoms with Crippen molar-refractivity contribution >= 4 is 5.78 Å². The van der Waals surface area contributed by atoms with Gasteiger partial charge in [-0.25, -0.2) is 4.39 Å². The van der Waals surface area contributed by atoms with E-state index in [1.54, 1.807) is 12.1 Å². The Hall–Kier alpha value is -1.73. The Labute approximate surface area is 119 Å². The highest BCUT2D eigenvalue weighted by atomic mass is 19.1. The quantitative estimate of drug-likeness (QED) is 0.612. The second kappa shape index (κ2) is 7.16. The molecule has 20 heavy (non-hydrogen) atoms. The lowest BCUT2D eigenvalue weighted by atomic mass is 9.89. The molecule has 1 fully saturated rings. The lowest BCUT2D eigenvalue weighted by Crippen LogP contribution is -2.36. The van der Waals surface area contributed by atoms with E-state index in [1.807, 2.05) is 0 Å². The molecule has 0 amide bonds. The van der Waals surface area contributed by atoms with E-state index in [9.17, 15) is 9.18 Å². The number of unbranched alkanes of at least 4 members (excludes halogenated alkanes) is 1. The van der Waals surface area contributed by atoms with E-state index in [0.29, 0.717) is 12.0 Å². The topological polar surface area (TPSA) is 44.1 Å². The van der Waals surface area contributed by atoms with Crippen molar-refractivity contribution in [1.29, 1.82) is 5.26 Å². The number of nitrogens with zero attached hydrogens (tertiary/aromatic N) is 2. The normalized spacial score (nSPS) is 16.8. The number of hydrogen-bond acceptors (Lipinski definition) is 3. The monoisotopic (exact) mass is 274 g/mol. The maximum Gasteiger partial charge on any atom is 0.166 e. The summed E-state index contributed by atoms with van der Waals surface area (Å²) < 4.78 is 12.9. The lowest BCUT2D eigenvalue weighted by Gasteiger charge is -2.31. The first kappa shape index (κ1) is 14.7. The second-order valence-corrected chi connectivity index (χ2v) is 5.25. The molecule has 4 heteroatoms. The third-order valence-corrected chi connectivity index (χ3v) is 3.85. The van der Waals surface area contributed by atoms with E-state index in [2.05, 4.69) is 11.0 Å². The van der Waals surface area contributed by atoms with Gasteiger partial charge < -0.3 is 4.90 Å². The molecule has 0 aliphatic carbocycles. The van der Waals surface area contributed by atoms with Crippen LogP contribution >= 0.6 is 0 Å². The standard InChI is InChI=1S/C16H19FN2O/c17-15-5-3-13(4-6-15)16(20)14-7-11-19(12-8-14)10-2-1-9-18/h3-6,14H,1-2,7-8,10-12H2. The summed E-state index contributed by atoms with van der Waals surface area (Å²) in [5, 5.41) is 8.52. The summed E-state index contributed by atoms with van der Waals surface area (Å²) in [4.78, 5) is 14.6. The Balaban J connectivity index is 1.83. The summed E-state index contributed by atoms with van der Waals surface area (Å²) in [6.07, 6.45) is 3.19. The zero-order valence-corrected chi connectivity index (χ0v) is 11.5. The van der Waals surface area contributed by atoms with Crippen LogP contribution in [0, 0.1) is 23.1 Å². The van der Waals surface area contributed by atoms with Crippen LogP contribution in [0.25, 0.3) is 0 Å². The van der Waals surface area contributed by atoms with E-state index in [1.165, 1.54) is 12.1 Å². The van der Waals surface area contributed by atoms with Gasteiger partial charge in [0, 0.05) is 17.9 Å². The zero-order chi connectivity index (χ0) is 14.4. The largest absolute Gasteiger partial charge is 0.303 e. The SMILES string of the molecule is N#CCCCN1CCC(C(=O)c2ccc(F)cc2)CC1. The number of halogens is 1. The van der Waals surface area contributed by atoms with Gasteiger partial charge in [-0.3, -0.25) is 4.79 Å². The fourth-order valence-corrected chi connectivity index (χ4v) is 2.65. The minimum Gasteiger partial charge on any atom is -0.303 e. The highest BCUT2D eigenvalue weighted by molar-refractivity contribution is 5.97. The van der Waals surface area contributed by atoms with Crippen LogP contribution < -0.4 is 0 Å². The number of nitriles is 1. The first-order chi connectivity index (χ1) is 9.70. The molecule has 0 aromatic heterocycles. The average Bonchev–Trinajstić information content (AvgIpc) is 2.48. The summed E-state index contributed by atoms with van der Waals surface area (Å²) in [5.41, 5.74) is 0.606. The van der Waals surface area contributed by atoms with Gasteiger partial charge in [-0.15, -0.1) is 0 Å². The maximum absolute atomic E-state index is 12.9. The molecule has 0 unspecified atom stereocenters. The molecule has 3 nitrogen and oxygen atoms in total. The third kappa shape index (κ3) is 3.88. The molecule has 0 spiro atoms. The molecule has 1 aromatic rings. The summed E-state index contributed by atoms with van der Waals surface area (Å²) in [5.74, 6) is -0.136. The molecule has 1 aromatic carbocycles. The Bertz CT molecular complexity index is 484. The number of Topliss-reactive ketones (excluding diaryl/α,β-unsaturated/α-hetero) is 1. The average molecular weight is 274 g/mol. The number of piperidine rings is 1. The van der Waals surface area contributed by atoms with Gasteiger partial charge in [-0.1, -0.05) is 0 Å². The molecule has 106 valence electrons. The molecule has 1 heterocycles. The molecule has 1 aliphatic rings. The summed E-state index contributed by atoms with van der Waals surface area (Å²) in [6.45, 7) is 2.75. The van der Waals surface area contributed by atoms with Gasteiger partial charge >= 0.3 is 0 Å². The van der Waals surface area contributed by atoms with Crippen molar-refractivity contribution in [2.24, 2.45) is 5.92 Å². The van der Waals surface area contributed by atoms with E-state index in [4.69, 9.17) is 5.26 Å². The first-order valence-corrected chi connectivity index (χ1v) is 7.10. The van der Waals surface area contributed by atoms with Crippen molar-refractivity contribution in [2.45, 2.75) is 25.7 Å². The minimum atomic E-state index is -0.311. The Kier molecular flexibility index (Phi) is 5.25. The fraction of sp³-hybridized carbons (Fsp3) is 0.500. The highest BCUT2D eigenvalue weighted by Gasteiger charge is 2.25. The lowest BCUT2D eigenvalue weighted by molar-refractivity contribution is 0.0839. The molecule has 0 radical (unpaired) electrons. The van der Waals surface area contributed by atoms with Gasteiger partial charge in [0.05, 0.1) is 6.07 Å². The number of carbonyl (C=O) groups excluding carboxylic acids is 1. The van der Waals surface area contributed by atoms with E-state index < -0.39 is 0 Å². The van der Waals surface area contributed by atoms with Crippen molar-refractivity contribution in [3.63, 3.8) is 0 Å². The van der Waals surface area contributed by atoms with E-state index in [0.717, 1.165) is 38.9 Å². The number of benzene rings is 1. The van der Waals surface area contributed by atoms with Gasteiger partial charge in [-0.2, -0.15) is 5.26 Å². The van der Waals surface area contributed by atoms with Crippen molar-refractivity contribution in [2.75, 3.05) is 19.6 Å². The van der Waals surface area contributed by atoms with Crippen LogP contribution in [0.3, 0.4) is 0 Å². The van der Waals surface area contributed by atoms with Crippen molar-refractivity contribution in [3.8, 4) is 6.07 Å². The van der Waals surface area contributed by atoms with Crippen molar-refractivity contribution < 1.29 is 9.18 Å². The molecule has 0 atom stereocenters. The molecule has 0 saturated carbocycles. The summed E-state index contributed by atoms with van der Waals surface area (Å²) in [7, 11) is 0. The summed E-state index contributed by atoms with van der Waals surface area (Å²) in [6, 6.07) is 7.96. The Morgan fingerprint density at radius 1 is 1.30 bits per heavy atom. The number of likely N-dealkylation sites (tertiary alicyclic amines) is 1. The van der Waals surface area contributed by atoms with Gasteiger partial charge in [-0.05, 0) is 63.2 Å². The van der Waals surface area contributed by atoms with Gasteiger partial charge in [0.2, 0.25) is 0 Å².